The quantitative estimate of drug-likeness (QED) is 0.781. The van der Waals surface area contributed by atoms with Crippen molar-refractivity contribution in [2.45, 2.75) is 20.8 Å². The van der Waals surface area contributed by atoms with Crippen LogP contribution in [0.5, 0.6) is 0 Å². The molecule has 0 unspecified atom stereocenters. The molecule has 0 fully saturated rings. The summed E-state index contributed by atoms with van der Waals surface area (Å²) in [7, 11) is 0. The molecule has 1 heterocycles. The van der Waals surface area contributed by atoms with Crippen LogP contribution in [0.3, 0.4) is 0 Å². The molecular formula is C19H19NO2. The lowest BCUT2D eigenvalue weighted by molar-refractivity contribution is 0.0555. The summed E-state index contributed by atoms with van der Waals surface area (Å²) in [4.78, 5) is 26.9. The number of carbonyl (C=O) groups is 2. The molecule has 0 atom stereocenters. The molecule has 3 rings (SSSR count). The molecule has 112 valence electrons. The number of amides is 2. The molecule has 0 saturated carbocycles. The van der Waals surface area contributed by atoms with Crippen LogP contribution in [0.2, 0.25) is 0 Å². The van der Waals surface area contributed by atoms with Gasteiger partial charge in [0, 0.05) is 23.1 Å². The fraction of sp³-hybridized carbons (Fsp3) is 0.263. The van der Waals surface area contributed by atoms with Crippen molar-refractivity contribution >= 4 is 28.7 Å². The predicted molar refractivity (Wildman–Crippen MR) is 88.9 cm³/mol. The van der Waals surface area contributed by atoms with Crippen molar-refractivity contribution in [3.63, 3.8) is 0 Å². The highest BCUT2D eigenvalue weighted by Gasteiger charge is 2.35. The Bertz CT molecular complexity index is 812. The molecule has 3 heteroatoms. The van der Waals surface area contributed by atoms with Gasteiger partial charge in [-0.3, -0.25) is 14.5 Å². The third kappa shape index (κ3) is 2.23. The third-order valence-electron chi connectivity index (χ3n) is 3.82. The number of imide groups is 1. The van der Waals surface area contributed by atoms with E-state index in [2.05, 4.69) is 6.58 Å². The highest BCUT2D eigenvalue weighted by molar-refractivity contribution is 6.25. The maximum absolute atomic E-state index is 12.8. The van der Waals surface area contributed by atoms with E-state index < -0.39 is 0 Å². The molecule has 0 saturated heterocycles. The molecule has 3 nitrogen and oxygen atoms in total. The Morgan fingerprint density at radius 2 is 1.77 bits per heavy atom. The average molecular weight is 293 g/mol. The summed E-state index contributed by atoms with van der Waals surface area (Å²) >= 11 is 0. The summed E-state index contributed by atoms with van der Waals surface area (Å²) in [6.45, 7) is 10.2. The number of benzene rings is 2. The Balaban J connectivity index is 2.26. The molecule has 0 aromatic heterocycles. The van der Waals surface area contributed by atoms with Crippen LogP contribution in [0.25, 0.3) is 16.8 Å². The lowest BCUT2D eigenvalue weighted by atomic mass is 9.89. The monoisotopic (exact) mass is 293 g/mol. The van der Waals surface area contributed by atoms with Crippen LogP contribution < -0.4 is 0 Å². The molecule has 0 spiro atoms. The van der Waals surface area contributed by atoms with Gasteiger partial charge in [0.2, 0.25) is 0 Å². The first-order valence-corrected chi connectivity index (χ1v) is 7.37. The summed E-state index contributed by atoms with van der Waals surface area (Å²) in [5, 5.41) is 1.66. The average Bonchev–Trinajstić information content (AvgIpc) is 2.47. The number of hydrogen-bond donors (Lipinski definition) is 0. The molecule has 0 radical (unpaired) electrons. The van der Waals surface area contributed by atoms with Gasteiger partial charge < -0.3 is 0 Å². The van der Waals surface area contributed by atoms with Gasteiger partial charge in [-0.05, 0) is 34.6 Å². The number of carbonyl (C=O) groups excluding carboxylic acids is 2. The smallest absolute Gasteiger partial charge is 0.261 e. The topological polar surface area (TPSA) is 37.4 Å². The normalized spacial score (nSPS) is 14.6. The lowest BCUT2D eigenvalue weighted by Crippen LogP contribution is -2.44. The first-order valence-electron chi connectivity index (χ1n) is 7.37. The van der Waals surface area contributed by atoms with Gasteiger partial charge in [-0.25, -0.2) is 0 Å². The molecule has 2 aromatic carbocycles. The molecule has 22 heavy (non-hydrogen) atoms. The summed E-state index contributed by atoms with van der Waals surface area (Å²) in [6, 6.07) is 9.36. The first kappa shape index (κ1) is 14.5. The summed E-state index contributed by atoms with van der Waals surface area (Å²) < 4.78 is 0. The van der Waals surface area contributed by atoms with Crippen LogP contribution in [0.4, 0.5) is 0 Å². The van der Waals surface area contributed by atoms with E-state index in [1.54, 1.807) is 12.1 Å². The van der Waals surface area contributed by atoms with Crippen molar-refractivity contribution in [3.8, 4) is 0 Å². The van der Waals surface area contributed by atoms with E-state index in [0.29, 0.717) is 17.7 Å². The van der Waals surface area contributed by atoms with Gasteiger partial charge in [-0.2, -0.15) is 0 Å². The van der Waals surface area contributed by atoms with Crippen molar-refractivity contribution in [1.29, 1.82) is 0 Å². The van der Waals surface area contributed by atoms with E-state index in [4.69, 9.17) is 0 Å². The van der Waals surface area contributed by atoms with E-state index in [1.165, 1.54) is 4.90 Å². The van der Waals surface area contributed by atoms with Gasteiger partial charge in [0.1, 0.15) is 0 Å². The number of rotatable bonds is 2. The SMILES string of the molecule is C=Cc1cc2c3c(cccc3c1)C(=O)N(CC(C)(C)C)C2=O. The van der Waals surface area contributed by atoms with Gasteiger partial charge in [0.05, 0.1) is 0 Å². The predicted octanol–water partition coefficient (Wildman–Crippen LogP) is 4.12. The summed E-state index contributed by atoms with van der Waals surface area (Å²) in [5.41, 5.74) is 1.93. The molecule has 0 aliphatic carbocycles. The van der Waals surface area contributed by atoms with E-state index in [-0.39, 0.29) is 17.2 Å². The first-order chi connectivity index (χ1) is 10.3. The van der Waals surface area contributed by atoms with Crippen molar-refractivity contribution in [2.24, 2.45) is 5.41 Å². The summed E-state index contributed by atoms with van der Waals surface area (Å²) in [6.07, 6.45) is 1.72. The van der Waals surface area contributed by atoms with E-state index in [9.17, 15) is 9.59 Å². The minimum Gasteiger partial charge on any atom is -0.274 e. The van der Waals surface area contributed by atoms with E-state index in [0.717, 1.165) is 16.3 Å². The zero-order valence-corrected chi connectivity index (χ0v) is 13.1. The number of nitrogens with zero attached hydrogens (tertiary/aromatic N) is 1. The fourth-order valence-corrected chi connectivity index (χ4v) is 2.92. The third-order valence-corrected chi connectivity index (χ3v) is 3.82. The van der Waals surface area contributed by atoms with Gasteiger partial charge in [0.15, 0.2) is 0 Å². The number of hydrogen-bond acceptors (Lipinski definition) is 2. The van der Waals surface area contributed by atoms with Crippen molar-refractivity contribution in [2.75, 3.05) is 6.54 Å². The van der Waals surface area contributed by atoms with Crippen LogP contribution in [0.1, 0.15) is 47.1 Å². The molecule has 0 N–H and O–H groups in total. The minimum atomic E-state index is -0.215. The highest BCUT2D eigenvalue weighted by atomic mass is 16.2. The molecule has 0 bridgehead atoms. The Hall–Kier alpha value is -2.42. The molecule has 2 aromatic rings. The van der Waals surface area contributed by atoms with Crippen LogP contribution in [-0.4, -0.2) is 23.3 Å². The molecular weight excluding hydrogens is 274 g/mol. The van der Waals surface area contributed by atoms with Crippen molar-refractivity contribution < 1.29 is 9.59 Å². The molecule has 1 aliphatic rings. The highest BCUT2D eigenvalue weighted by Crippen LogP contribution is 2.32. The van der Waals surface area contributed by atoms with Crippen LogP contribution in [-0.2, 0) is 0 Å². The second kappa shape index (κ2) is 4.80. The maximum Gasteiger partial charge on any atom is 0.261 e. The lowest BCUT2D eigenvalue weighted by Gasteiger charge is -2.32. The minimum absolute atomic E-state index is 0.146. The largest absolute Gasteiger partial charge is 0.274 e. The standard InChI is InChI=1S/C19H19NO2/c1-5-12-9-13-7-6-8-14-16(13)15(10-12)18(22)20(17(14)21)11-19(2,3)4/h5-10H,1,11H2,2-4H3. The van der Waals surface area contributed by atoms with Crippen LogP contribution >= 0.6 is 0 Å². The van der Waals surface area contributed by atoms with Gasteiger partial charge in [-0.15, -0.1) is 0 Å². The summed E-state index contributed by atoms with van der Waals surface area (Å²) in [5.74, 6) is -0.420. The van der Waals surface area contributed by atoms with Crippen molar-refractivity contribution in [1.82, 2.24) is 4.90 Å². The fourth-order valence-electron chi connectivity index (χ4n) is 2.92. The van der Waals surface area contributed by atoms with Crippen molar-refractivity contribution in [3.05, 3.63) is 53.6 Å². The zero-order chi connectivity index (χ0) is 16.1. The van der Waals surface area contributed by atoms with Crippen LogP contribution in [0.15, 0.2) is 36.9 Å². The van der Waals surface area contributed by atoms with E-state index >= 15 is 0 Å². The zero-order valence-electron chi connectivity index (χ0n) is 13.1. The molecule has 1 aliphatic heterocycles. The Morgan fingerprint density at radius 3 is 2.41 bits per heavy atom. The second-order valence-corrected chi connectivity index (χ2v) is 6.93. The Morgan fingerprint density at radius 1 is 1.09 bits per heavy atom. The van der Waals surface area contributed by atoms with Crippen LogP contribution in [0, 0.1) is 5.41 Å². The van der Waals surface area contributed by atoms with Gasteiger partial charge in [-0.1, -0.05) is 45.6 Å². The van der Waals surface area contributed by atoms with Gasteiger partial charge >= 0.3 is 0 Å². The Labute approximate surface area is 130 Å². The van der Waals surface area contributed by atoms with Gasteiger partial charge in [0.25, 0.3) is 11.8 Å². The maximum atomic E-state index is 12.8. The Kier molecular flexibility index (Phi) is 3.17. The van der Waals surface area contributed by atoms with E-state index in [1.807, 2.05) is 45.0 Å². The molecule has 2 amide bonds. The second-order valence-electron chi connectivity index (χ2n) is 6.93.